The molecule has 186 valence electrons. The molecule has 2 fully saturated rings. The number of para-hydroxylation sites is 1. The number of ether oxygens (including phenoxy) is 2. The molecular weight excluding hydrogens is 490 g/mol. The number of carbonyl (C=O) groups excluding carboxylic acids is 1. The number of nitrogens with zero attached hydrogens (tertiary/aromatic N) is 3. The van der Waals surface area contributed by atoms with Crippen LogP contribution in [-0.2, 0) is 9.53 Å². The molecule has 0 bridgehead atoms. The lowest BCUT2D eigenvalue weighted by Crippen LogP contribution is -2.35. The lowest BCUT2D eigenvalue weighted by molar-refractivity contribution is -0.123. The maximum Gasteiger partial charge on any atom is 0.266 e. The molecular formula is C28H29N3O3S2. The van der Waals surface area contributed by atoms with E-state index < -0.39 is 0 Å². The molecule has 3 aromatic rings. The maximum absolute atomic E-state index is 13.3. The highest BCUT2D eigenvalue weighted by Crippen LogP contribution is 2.36. The van der Waals surface area contributed by atoms with Crippen LogP contribution in [0.15, 0.2) is 59.6 Å². The molecule has 0 N–H and O–H groups in total. The van der Waals surface area contributed by atoms with Crippen LogP contribution >= 0.6 is 24.0 Å². The third-order valence-corrected chi connectivity index (χ3v) is 7.62. The molecule has 1 unspecified atom stereocenters. The van der Waals surface area contributed by atoms with Crippen molar-refractivity contribution in [3.05, 3.63) is 70.8 Å². The normalized spacial score (nSPS) is 19.0. The fourth-order valence-electron chi connectivity index (χ4n) is 4.39. The van der Waals surface area contributed by atoms with Crippen LogP contribution in [0.3, 0.4) is 0 Å². The standard InChI is InChI=1S/C28H29N3O3S2/c1-3-13-34-24-12-11-20(15-19(24)2)26-21(17-31(29-26)22-8-5-4-6-9-22)16-25-27(32)30(28(35)36-25)18-23-10-7-14-33-23/h4-6,8-9,11-12,15-17,23H,3,7,10,13-14,18H2,1-2H3/b25-16-. The van der Waals surface area contributed by atoms with Crippen molar-refractivity contribution in [1.29, 1.82) is 0 Å². The van der Waals surface area contributed by atoms with E-state index in [1.165, 1.54) is 11.8 Å². The SMILES string of the molecule is CCCOc1ccc(-c2nn(-c3ccccc3)cc2/C=C2\SC(=S)N(CC3CCCO3)C2=O)cc1C. The summed E-state index contributed by atoms with van der Waals surface area (Å²) in [6, 6.07) is 16.1. The summed E-state index contributed by atoms with van der Waals surface area (Å²) in [6.45, 7) is 6.07. The minimum atomic E-state index is -0.0709. The number of hydrogen-bond donors (Lipinski definition) is 0. The number of rotatable bonds is 8. The molecule has 2 aromatic carbocycles. The van der Waals surface area contributed by atoms with E-state index in [-0.39, 0.29) is 12.0 Å². The predicted molar refractivity (Wildman–Crippen MR) is 148 cm³/mol. The summed E-state index contributed by atoms with van der Waals surface area (Å²) in [6.07, 6.45) is 6.87. The minimum Gasteiger partial charge on any atom is -0.493 e. The van der Waals surface area contributed by atoms with Gasteiger partial charge in [-0.1, -0.05) is 49.1 Å². The van der Waals surface area contributed by atoms with Gasteiger partial charge in [0.25, 0.3) is 5.91 Å². The van der Waals surface area contributed by atoms with Crippen LogP contribution in [0.2, 0.25) is 0 Å². The van der Waals surface area contributed by atoms with Gasteiger partial charge in [0.15, 0.2) is 0 Å². The maximum atomic E-state index is 13.3. The van der Waals surface area contributed by atoms with Crippen LogP contribution in [0, 0.1) is 6.92 Å². The molecule has 0 aliphatic carbocycles. The first-order valence-electron chi connectivity index (χ1n) is 12.3. The van der Waals surface area contributed by atoms with Gasteiger partial charge >= 0.3 is 0 Å². The Labute approximate surface area is 221 Å². The number of thiocarbonyl (C=S) groups is 1. The van der Waals surface area contributed by atoms with Gasteiger partial charge in [0.2, 0.25) is 0 Å². The molecule has 5 rings (SSSR count). The summed E-state index contributed by atoms with van der Waals surface area (Å²) in [7, 11) is 0. The van der Waals surface area contributed by atoms with E-state index >= 15 is 0 Å². The molecule has 1 aromatic heterocycles. The predicted octanol–water partition coefficient (Wildman–Crippen LogP) is 6.02. The molecule has 2 aliphatic rings. The Hall–Kier alpha value is -2.94. The van der Waals surface area contributed by atoms with Gasteiger partial charge in [-0.3, -0.25) is 9.69 Å². The second-order valence-corrected chi connectivity index (χ2v) is 10.6. The molecule has 36 heavy (non-hydrogen) atoms. The Balaban J connectivity index is 1.50. The number of benzene rings is 2. The lowest BCUT2D eigenvalue weighted by Gasteiger charge is -2.18. The molecule has 0 saturated carbocycles. The first kappa shape index (κ1) is 24.7. The van der Waals surface area contributed by atoms with Crippen LogP contribution in [0.1, 0.15) is 37.3 Å². The zero-order chi connectivity index (χ0) is 25.1. The van der Waals surface area contributed by atoms with Gasteiger partial charge in [-0.05, 0) is 68.2 Å². The Morgan fingerprint density at radius 3 is 2.81 bits per heavy atom. The van der Waals surface area contributed by atoms with Crippen molar-refractivity contribution in [3.63, 3.8) is 0 Å². The van der Waals surface area contributed by atoms with Crippen molar-refractivity contribution >= 4 is 40.3 Å². The Morgan fingerprint density at radius 2 is 2.08 bits per heavy atom. The number of amides is 1. The Bertz CT molecular complexity index is 1300. The summed E-state index contributed by atoms with van der Waals surface area (Å²) < 4.78 is 14.0. The average Bonchev–Trinajstić information content (AvgIpc) is 3.61. The van der Waals surface area contributed by atoms with E-state index in [0.717, 1.165) is 59.7 Å². The summed E-state index contributed by atoms with van der Waals surface area (Å²) in [5.41, 5.74) is 4.62. The van der Waals surface area contributed by atoms with Crippen LogP contribution < -0.4 is 4.74 Å². The zero-order valence-electron chi connectivity index (χ0n) is 20.5. The monoisotopic (exact) mass is 519 g/mol. The molecule has 1 atom stereocenters. The second-order valence-electron chi connectivity index (χ2n) is 8.97. The minimum absolute atomic E-state index is 0.0552. The molecule has 1 amide bonds. The van der Waals surface area contributed by atoms with E-state index in [2.05, 4.69) is 13.0 Å². The van der Waals surface area contributed by atoms with E-state index in [1.54, 1.807) is 4.90 Å². The highest BCUT2D eigenvalue weighted by molar-refractivity contribution is 8.26. The van der Waals surface area contributed by atoms with Crippen LogP contribution in [0.4, 0.5) is 0 Å². The zero-order valence-corrected chi connectivity index (χ0v) is 22.1. The smallest absolute Gasteiger partial charge is 0.266 e. The fraction of sp³-hybridized carbons (Fsp3) is 0.321. The molecule has 0 radical (unpaired) electrons. The average molecular weight is 520 g/mol. The first-order valence-corrected chi connectivity index (χ1v) is 13.5. The van der Waals surface area contributed by atoms with Gasteiger partial charge in [0.1, 0.15) is 15.8 Å². The second kappa shape index (κ2) is 11.0. The van der Waals surface area contributed by atoms with Gasteiger partial charge < -0.3 is 9.47 Å². The Kier molecular flexibility index (Phi) is 7.55. The van der Waals surface area contributed by atoms with Crippen LogP contribution in [0.25, 0.3) is 23.0 Å². The van der Waals surface area contributed by atoms with Crippen LogP contribution in [0.5, 0.6) is 5.75 Å². The third-order valence-electron chi connectivity index (χ3n) is 6.24. The molecule has 0 spiro atoms. The van der Waals surface area contributed by atoms with Crippen molar-refractivity contribution in [2.75, 3.05) is 19.8 Å². The number of hydrogen-bond acceptors (Lipinski definition) is 6. The third kappa shape index (κ3) is 5.26. The van der Waals surface area contributed by atoms with Crippen molar-refractivity contribution in [3.8, 4) is 22.7 Å². The molecule has 2 aliphatic heterocycles. The fourth-order valence-corrected chi connectivity index (χ4v) is 5.66. The summed E-state index contributed by atoms with van der Waals surface area (Å²) >= 11 is 6.90. The molecule has 3 heterocycles. The quantitative estimate of drug-likeness (QED) is 0.268. The Morgan fingerprint density at radius 1 is 1.25 bits per heavy atom. The highest BCUT2D eigenvalue weighted by Gasteiger charge is 2.35. The van der Waals surface area contributed by atoms with E-state index in [0.29, 0.717) is 22.4 Å². The van der Waals surface area contributed by atoms with Crippen LogP contribution in [-0.4, -0.2) is 50.8 Å². The number of carbonyl (C=O) groups is 1. The van der Waals surface area contributed by atoms with Gasteiger partial charge in [0.05, 0.1) is 29.8 Å². The van der Waals surface area contributed by atoms with E-state index in [4.69, 9.17) is 26.8 Å². The van der Waals surface area contributed by atoms with Gasteiger partial charge in [0, 0.05) is 23.9 Å². The highest BCUT2D eigenvalue weighted by atomic mass is 32.2. The van der Waals surface area contributed by atoms with Crippen molar-refractivity contribution < 1.29 is 14.3 Å². The van der Waals surface area contributed by atoms with Crippen molar-refractivity contribution in [1.82, 2.24) is 14.7 Å². The summed E-state index contributed by atoms with van der Waals surface area (Å²) in [5.74, 6) is 0.804. The number of aromatic nitrogens is 2. The number of aryl methyl sites for hydroxylation is 1. The van der Waals surface area contributed by atoms with E-state index in [9.17, 15) is 4.79 Å². The van der Waals surface area contributed by atoms with E-state index in [1.807, 2.05) is 66.3 Å². The summed E-state index contributed by atoms with van der Waals surface area (Å²) in [5, 5.41) is 4.92. The van der Waals surface area contributed by atoms with Gasteiger partial charge in [-0.15, -0.1) is 0 Å². The first-order chi connectivity index (χ1) is 17.5. The summed E-state index contributed by atoms with van der Waals surface area (Å²) in [4.78, 5) is 15.6. The van der Waals surface area contributed by atoms with Crippen molar-refractivity contribution in [2.45, 2.75) is 39.2 Å². The molecule has 6 nitrogen and oxygen atoms in total. The van der Waals surface area contributed by atoms with Gasteiger partial charge in [-0.2, -0.15) is 5.10 Å². The van der Waals surface area contributed by atoms with Crippen molar-refractivity contribution in [2.24, 2.45) is 0 Å². The topological polar surface area (TPSA) is 56.6 Å². The number of thioether (sulfide) groups is 1. The molecule has 8 heteroatoms. The van der Waals surface area contributed by atoms with Gasteiger partial charge in [-0.25, -0.2) is 4.68 Å². The largest absolute Gasteiger partial charge is 0.493 e. The molecule has 2 saturated heterocycles. The lowest BCUT2D eigenvalue weighted by atomic mass is 10.0.